The topological polar surface area (TPSA) is 76.7 Å². The largest absolute Gasteiger partial charge is 0.450 e. The van der Waals surface area contributed by atoms with E-state index >= 15 is 0 Å². The Morgan fingerprint density at radius 1 is 0.815 bits per heavy atom. The van der Waals surface area contributed by atoms with Gasteiger partial charge in [-0.15, -0.1) is 0 Å². The molecular formula is C19H20Cl2N2O4. The molecule has 27 heavy (non-hydrogen) atoms. The van der Waals surface area contributed by atoms with Crippen LogP contribution in [0.3, 0.4) is 0 Å². The van der Waals surface area contributed by atoms with E-state index in [2.05, 4.69) is 10.6 Å². The SMILES string of the molecule is CCOC(=O)Nc1ccc(Cc2ccc(NC(=O)OCC)c(Cl)c2)cc1Cl. The lowest BCUT2D eigenvalue weighted by atomic mass is 10.0. The molecule has 0 aliphatic carbocycles. The molecule has 144 valence electrons. The molecule has 0 fully saturated rings. The first-order chi connectivity index (χ1) is 12.9. The first kappa shape index (κ1) is 20.9. The van der Waals surface area contributed by atoms with Crippen molar-refractivity contribution in [2.45, 2.75) is 20.3 Å². The van der Waals surface area contributed by atoms with Crippen LogP contribution in [0.25, 0.3) is 0 Å². The minimum absolute atomic E-state index is 0.281. The minimum atomic E-state index is -0.552. The summed E-state index contributed by atoms with van der Waals surface area (Å²) in [5.74, 6) is 0. The van der Waals surface area contributed by atoms with Crippen LogP contribution in [-0.2, 0) is 15.9 Å². The van der Waals surface area contributed by atoms with E-state index in [0.29, 0.717) is 27.8 Å². The predicted molar refractivity (Wildman–Crippen MR) is 107 cm³/mol. The summed E-state index contributed by atoms with van der Waals surface area (Å²) in [5, 5.41) is 5.98. The van der Waals surface area contributed by atoms with Crippen LogP contribution >= 0.6 is 23.2 Å². The van der Waals surface area contributed by atoms with Crippen molar-refractivity contribution in [3.05, 3.63) is 57.6 Å². The van der Waals surface area contributed by atoms with E-state index in [0.717, 1.165) is 11.1 Å². The molecule has 2 N–H and O–H groups in total. The first-order valence-electron chi connectivity index (χ1n) is 8.37. The fourth-order valence-electron chi connectivity index (χ4n) is 2.33. The van der Waals surface area contributed by atoms with E-state index in [-0.39, 0.29) is 13.2 Å². The Morgan fingerprint density at radius 3 is 1.56 bits per heavy atom. The van der Waals surface area contributed by atoms with Crippen molar-refractivity contribution in [2.24, 2.45) is 0 Å². The Bertz CT molecular complexity index is 760. The van der Waals surface area contributed by atoms with Gasteiger partial charge in [0.25, 0.3) is 0 Å². The van der Waals surface area contributed by atoms with E-state index in [1.165, 1.54) is 0 Å². The fourth-order valence-corrected chi connectivity index (χ4v) is 2.83. The standard InChI is InChI=1S/C19H20Cl2N2O4/c1-3-26-18(24)22-16-7-5-12(10-14(16)20)9-13-6-8-17(15(21)11-13)23-19(25)27-4-2/h5-8,10-11H,3-4,9H2,1-2H3,(H,22,24)(H,23,25). The lowest BCUT2D eigenvalue weighted by Crippen LogP contribution is -2.13. The summed E-state index contributed by atoms with van der Waals surface area (Å²) in [4.78, 5) is 23.0. The third kappa shape index (κ3) is 6.34. The summed E-state index contributed by atoms with van der Waals surface area (Å²) < 4.78 is 9.66. The van der Waals surface area contributed by atoms with Gasteiger partial charge < -0.3 is 9.47 Å². The molecule has 6 nitrogen and oxygen atoms in total. The molecule has 0 atom stereocenters. The Morgan fingerprint density at radius 2 is 1.22 bits per heavy atom. The van der Waals surface area contributed by atoms with Gasteiger partial charge in [-0.1, -0.05) is 35.3 Å². The van der Waals surface area contributed by atoms with E-state index in [1.54, 1.807) is 38.1 Å². The summed E-state index contributed by atoms with van der Waals surface area (Å²) in [6, 6.07) is 10.7. The van der Waals surface area contributed by atoms with Crippen molar-refractivity contribution in [2.75, 3.05) is 23.8 Å². The van der Waals surface area contributed by atoms with E-state index < -0.39 is 12.2 Å². The maximum Gasteiger partial charge on any atom is 0.411 e. The number of halogens is 2. The number of ether oxygens (including phenoxy) is 2. The van der Waals surface area contributed by atoms with E-state index in [4.69, 9.17) is 32.7 Å². The van der Waals surface area contributed by atoms with Crippen LogP contribution in [0, 0.1) is 0 Å². The highest BCUT2D eigenvalue weighted by atomic mass is 35.5. The average molecular weight is 411 g/mol. The van der Waals surface area contributed by atoms with Crippen LogP contribution in [-0.4, -0.2) is 25.4 Å². The number of rotatable bonds is 6. The number of hydrogen-bond acceptors (Lipinski definition) is 4. The number of hydrogen-bond donors (Lipinski definition) is 2. The average Bonchev–Trinajstić information content (AvgIpc) is 2.60. The molecular weight excluding hydrogens is 391 g/mol. The summed E-state index contributed by atoms with van der Waals surface area (Å²) in [7, 11) is 0. The normalized spacial score (nSPS) is 10.2. The molecule has 2 aromatic carbocycles. The number of anilines is 2. The molecule has 0 aliphatic rings. The van der Waals surface area contributed by atoms with Gasteiger partial charge in [0.05, 0.1) is 34.6 Å². The maximum atomic E-state index is 11.5. The van der Waals surface area contributed by atoms with Crippen molar-refractivity contribution in [1.82, 2.24) is 0 Å². The first-order valence-corrected chi connectivity index (χ1v) is 9.13. The molecule has 0 radical (unpaired) electrons. The molecule has 0 aromatic heterocycles. The zero-order valence-corrected chi connectivity index (χ0v) is 16.5. The van der Waals surface area contributed by atoms with Crippen LogP contribution in [0.5, 0.6) is 0 Å². The van der Waals surface area contributed by atoms with Gasteiger partial charge in [-0.05, 0) is 55.7 Å². The van der Waals surface area contributed by atoms with Crippen molar-refractivity contribution < 1.29 is 19.1 Å². The van der Waals surface area contributed by atoms with Gasteiger partial charge in [0.1, 0.15) is 0 Å². The molecule has 0 saturated carbocycles. The Kier molecular flexibility index (Phi) is 7.76. The summed E-state index contributed by atoms with van der Waals surface area (Å²) >= 11 is 12.5. The summed E-state index contributed by atoms with van der Waals surface area (Å²) in [6.07, 6.45) is -0.522. The quantitative estimate of drug-likeness (QED) is 0.637. The number of carbonyl (C=O) groups is 2. The zero-order chi connectivity index (χ0) is 19.8. The molecule has 8 heteroatoms. The van der Waals surface area contributed by atoms with Crippen molar-refractivity contribution in [3.8, 4) is 0 Å². The highest BCUT2D eigenvalue weighted by Crippen LogP contribution is 2.27. The maximum absolute atomic E-state index is 11.5. The van der Waals surface area contributed by atoms with Gasteiger partial charge in [-0.2, -0.15) is 0 Å². The molecule has 2 aromatic rings. The van der Waals surface area contributed by atoms with Gasteiger partial charge in [-0.3, -0.25) is 10.6 Å². The van der Waals surface area contributed by atoms with Crippen molar-refractivity contribution >= 4 is 46.8 Å². The Labute approximate surface area is 167 Å². The smallest absolute Gasteiger partial charge is 0.411 e. The second kappa shape index (κ2) is 10.0. The molecule has 0 aliphatic heterocycles. The molecule has 2 amide bonds. The molecule has 0 bridgehead atoms. The summed E-state index contributed by atoms with van der Waals surface area (Å²) in [6.45, 7) is 4.01. The summed E-state index contributed by atoms with van der Waals surface area (Å²) in [5.41, 5.74) is 2.84. The van der Waals surface area contributed by atoms with Crippen LogP contribution in [0.4, 0.5) is 21.0 Å². The van der Waals surface area contributed by atoms with Crippen molar-refractivity contribution in [1.29, 1.82) is 0 Å². The highest BCUT2D eigenvalue weighted by molar-refractivity contribution is 6.34. The third-order valence-electron chi connectivity index (χ3n) is 3.50. The monoisotopic (exact) mass is 410 g/mol. The van der Waals surface area contributed by atoms with Crippen molar-refractivity contribution in [3.63, 3.8) is 0 Å². The minimum Gasteiger partial charge on any atom is -0.450 e. The van der Waals surface area contributed by atoms with E-state index in [9.17, 15) is 9.59 Å². The van der Waals surface area contributed by atoms with Gasteiger partial charge in [0.15, 0.2) is 0 Å². The fraction of sp³-hybridized carbons (Fsp3) is 0.263. The lowest BCUT2D eigenvalue weighted by Gasteiger charge is -2.11. The van der Waals surface area contributed by atoms with Gasteiger partial charge in [-0.25, -0.2) is 9.59 Å². The molecule has 0 spiro atoms. The second-order valence-corrected chi connectivity index (χ2v) is 6.31. The Hall–Kier alpha value is -2.44. The van der Waals surface area contributed by atoms with Crippen LogP contribution < -0.4 is 10.6 Å². The third-order valence-corrected chi connectivity index (χ3v) is 4.12. The molecule has 0 unspecified atom stereocenters. The van der Waals surface area contributed by atoms with E-state index in [1.807, 2.05) is 12.1 Å². The Balaban J connectivity index is 2.06. The molecule has 2 rings (SSSR count). The second-order valence-electron chi connectivity index (χ2n) is 5.50. The number of carbonyl (C=O) groups excluding carboxylic acids is 2. The molecule has 0 saturated heterocycles. The van der Waals surface area contributed by atoms with Crippen LogP contribution in [0.2, 0.25) is 10.0 Å². The van der Waals surface area contributed by atoms with Gasteiger partial charge in [0.2, 0.25) is 0 Å². The highest BCUT2D eigenvalue weighted by Gasteiger charge is 2.10. The number of amides is 2. The predicted octanol–water partition coefficient (Wildman–Crippen LogP) is 5.72. The van der Waals surface area contributed by atoms with Crippen LogP contribution in [0.1, 0.15) is 25.0 Å². The zero-order valence-electron chi connectivity index (χ0n) is 15.0. The molecule has 0 heterocycles. The number of nitrogens with one attached hydrogen (secondary N) is 2. The van der Waals surface area contributed by atoms with Gasteiger partial charge >= 0.3 is 12.2 Å². The number of benzene rings is 2. The van der Waals surface area contributed by atoms with Gasteiger partial charge in [0, 0.05) is 0 Å². The van der Waals surface area contributed by atoms with Crippen LogP contribution in [0.15, 0.2) is 36.4 Å². The lowest BCUT2D eigenvalue weighted by molar-refractivity contribution is 0.167.